The van der Waals surface area contributed by atoms with Crippen LogP contribution in [0.25, 0.3) is 0 Å². The van der Waals surface area contributed by atoms with Gasteiger partial charge in [0.1, 0.15) is 0 Å². The monoisotopic (exact) mass is 245 g/mol. The Morgan fingerprint density at radius 3 is 2.94 bits per heavy atom. The topological polar surface area (TPSA) is 47.6 Å². The van der Waals surface area contributed by atoms with Crippen molar-refractivity contribution in [1.29, 1.82) is 0 Å². The molecule has 2 unspecified atom stereocenters. The van der Waals surface area contributed by atoms with Crippen LogP contribution in [0.2, 0.25) is 0 Å². The Morgan fingerprint density at radius 2 is 2.22 bits per heavy atom. The highest BCUT2D eigenvalue weighted by Crippen LogP contribution is 2.20. The van der Waals surface area contributed by atoms with Crippen molar-refractivity contribution in [2.45, 2.75) is 19.1 Å². The molecule has 4 nitrogen and oxygen atoms in total. The van der Waals surface area contributed by atoms with Gasteiger partial charge < -0.3 is 4.74 Å². The lowest BCUT2D eigenvalue weighted by molar-refractivity contribution is -0.203. The second-order valence-corrected chi connectivity index (χ2v) is 4.07. The summed E-state index contributed by atoms with van der Waals surface area (Å²) in [7, 11) is 0. The fourth-order valence-corrected chi connectivity index (χ4v) is 1.79. The molecule has 4 heteroatoms. The summed E-state index contributed by atoms with van der Waals surface area (Å²) in [6.07, 6.45) is 6.60. The highest BCUT2D eigenvalue weighted by molar-refractivity contribution is 5.93. The van der Waals surface area contributed by atoms with Crippen LogP contribution >= 0.6 is 0 Å². The van der Waals surface area contributed by atoms with Gasteiger partial charge in [0.25, 0.3) is 5.91 Å². The maximum absolute atomic E-state index is 11.7. The van der Waals surface area contributed by atoms with Gasteiger partial charge in [-0.05, 0) is 25.0 Å². The largest absolute Gasteiger partial charge is 0.349 e. The summed E-state index contributed by atoms with van der Waals surface area (Å²) in [5.74, 6) is 2.20. The zero-order chi connectivity index (χ0) is 12.8. The Bertz CT molecular complexity index is 438. The fraction of sp³-hybridized carbons (Fsp3) is 0.357. The highest BCUT2D eigenvalue weighted by atomic mass is 16.8. The van der Waals surface area contributed by atoms with E-state index in [-0.39, 0.29) is 11.8 Å². The Kier molecular flexibility index (Phi) is 4.35. The first-order chi connectivity index (χ1) is 8.81. The van der Waals surface area contributed by atoms with Crippen molar-refractivity contribution in [3.8, 4) is 12.3 Å². The van der Waals surface area contributed by atoms with Crippen LogP contribution in [0.3, 0.4) is 0 Å². The smallest absolute Gasteiger partial charge is 0.274 e. The van der Waals surface area contributed by atoms with E-state index in [4.69, 9.17) is 16.0 Å². The number of ether oxygens (including phenoxy) is 1. The number of hydrogen-bond donors (Lipinski definition) is 1. The van der Waals surface area contributed by atoms with Gasteiger partial charge in [0.2, 0.25) is 0 Å². The Labute approximate surface area is 106 Å². The number of nitrogens with one attached hydrogen (secondary N) is 1. The van der Waals surface area contributed by atoms with Gasteiger partial charge in [0.05, 0.1) is 5.92 Å². The van der Waals surface area contributed by atoms with E-state index in [9.17, 15) is 4.79 Å². The molecule has 94 valence electrons. The molecule has 0 spiro atoms. The zero-order valence-electron chi connectivity index (χ0n) is 9.96. The van der Waals surface area contributed by atoms with Gasteiger partial charge in [-0.3, -0.25) is 4.79 Å². The van der Waals surface area contributed by atoms with Crippen LogP contribution in [0.15, 0.2) is 30.3 Å². The molecule has 1 heterocycles. The van der Waals surface area contributed by atoms with Crippen LogP contribution in [-0.4, -0.2) is 18.8 Å². The predicted octanol–water partition coefficient (Wildman–Crippen LogP) is 1.73. The second kappa shape index (κ2) is 6.20. The molecule has 0 bridgehead atoms. The van der Waals surface area contributed by atoms with Crippen LogP contribution in [-0.2, 0) is 9.57 Å². The van der Waals surface area contributed by atoms with Crippen LogP contribution in [0.1, 0.15) is 23.2 Å². The van der Waals surface area contributed by atoms with Gasteiger partial charge in [-0.15, -0.1) is 6.42 Å². The molecule has 0 radical (unpaired) electrons. The van der Waals surface area contributed by atoms with E-state index < -0.39 is 6.29 Å². The molecule has 1 amide bonds. The van der Waals surface area contributed by atoms with E-state index >= 15 is 0 Å². The molecule has 1 N–H and O–H groups in total. The highest BCUT2D eigenvalue weighted by Gasteiger charge is 2.26. The van der Waals surface area contributed by atoms with E-state index in [1.54, 1.807) is 24.3 Å². The molecule has 1 fully saturated rings. The van der Waals surface area contributed by atoms with Gasteiger partial charge in [0.15, 0.2) is 6.29 Å². The third kappa shape index (κ3) is 3.10. The summed E-state index contributed by atoms with van der Waals surface area (Å²) >= 11 is 0. The molecule has 0 aliphatic carbocycles. The van der Waals surface area contributed by atoms with Crippen LogP contribution in [0.5, 0.6) is 0 Å². The van der Waals surface area contributed by atoms with Gasteiger partial charge in [0, 0.05) is 12.2 Å². The summed E-state index contributed by atoms with van der Waals surface area (Å²) in [5.41, 5.74) is 2.91. The lowest BCUT2D eigenvalue weighted by Gasteiger charge is -2.27. The fourth-order valence-electron chi connectivity index (χ4n) is 1.79. The number of benzene rings is 1. The normalized spacial score (nSPS) is 23.1. The minimum Gasteiger partial charge on any atom is -0.349 e. The van der Waals surface area contributed by atoms with Gasteiger partial charge in [-0.1, -0.05) is 24.1 Å². The van der Waals surface area contributed by atoms with Gasteiger partial charge in [-0.25, -0.2) is 10.3 Å². The van der Waals surface area contributed by atoms with E-state index in [1.807, 2.05) is 6.07 Å². The molecular weight excluding hydrogens is 230 g/mol. The standard InChI is InChI=1S/C14H15NO3/c1-2-11-9-6-10-17-14(11)18-15-13(16)12-7-4-3-5-8-12/h1,3-5,7-8,11,14H,6,9-10H2,(H,15,16). The molecule has 2 atom stereocenters. The van der Waals surface area contributed by atoms with E-state index in [2.05, 4.69) is 11.4 Å². The Balaban J connectivity index is 1.88. The van der Waals surface area contributed by atoms with Gasteiger partial charge >= 0.3 is 0 Å². The molecule has 1 saturated heterocycles. The Morgan fingerprint density at radius 1 is 1.44 bits per heavy atom. The number of hydrogen-bond acceptors (Lipinski definition) is 3. The first-order valence-electron chi connectivity index (χ1n) is 5.90. The number of carbonyl (C=O) groups is 1. The number of hydroxylamine groups is 1. The molecule has 0 aromatic heterocycles. The summed E-state index contributed by atoms with van der Waals surface area (Å²) in [4.78, 5) is 17.0. The Hall–Kier alpha value is -1.83. The average molecular weight is 245 g/mol. The number of amides is 1. The lowest BCUT2D eigenvalue weighted by Crippen LogP contribution is -2.38. The summed E-state index contributed by atoms with van der Waals surface area (Å²) in [6, 6.07) is 8.83. The molecule has 1 aliphatic heterocycles. The minimum atomic E-state index is -0.559. The minimum absolute atomic E-state index is 0.116. The zero-order valence-corrected chi connectivity index (χ0v) is 9.96. The number of rotatable bonds is 3. The van der Waals surface area contributed by atoms with Crippen molar-refractivity contribution in [2.24, 2.45) is 5.92 Å². The van der Waals surface area contributed by atoms with Crippen molar-refractivity contribution >= 4 is 5.91 Å². The SMILES string of the molecule is C#CC1CCCOC1ONC(=O)c1ccccc1. The molecule has 18 heavy (non-hydrogen) atoms. The van der Waals surface area contributed by atoms with Crippen molar-refractivity contribution in [1.82, 2.24) is 5.48 Å². The summed E-state index contributed by atoms with van der Waals surface area (Å²) in [5, 5.41) is 0. The van der Waals surface area contributed by atoms with Crippen molar-refractivity contribution in [2.75, 3.05) is 6.61 Å². The van der Waals surface area contributed by atoms with Crippen molar-refractivity contribution < 1.29 is 14.4 Å². The van der Waals surface area contributed by atoms with Crippen molar-refractivity contribution in [3.05, 3.63) is 35.9 Å². The lowest BCUT2D eigenvalue weighted by atomic mass is 10.0. The van der Waals surface area contributed by atoms with E-state index in [0.717, 1.165) is 12.8 Å². The van der Waals surface area contributed by atoms with E-state index in [0.29, 0.717) is 12.2 Å². The summed E-state index contributed by atoms with van der Waals surface area (Å²) < 4.78 is 5.39. The molecule has 1 aliphatic rings. The van der Waals surface area contributed by atoms with Crippen LogP contribution in [0.4, 0.5) is 0 Å². The third-order valence-corrected chi connectivity index (χ3v) is 2.79. The van der Waals surface area contributed by atoms with E-state index in [1.165, 1.54) is 0 Å². The molecule has 1 aromatic carbocycles. The maximum Gasteiger partial charge on any atom is 0.274 e. The van der Waals surface area contributed by atoms with Crippen LogP contribution < -0.4 is 5.48 Å². The first-order valence-corrected chi connectivity index (χ1v) is 5.90. The summed E-state index contributed by atoms with van der Waals surface area (Å²) in [6.45, 7) is 0.601. The number of carbonyl (C=O) groups excluding carboxylic acids is 1. The van der Waals surface area contributed by atoms with Crippen molar-refractivity contribution in [3.63, 3.8) is 0 Å². The maximum atomic E-state index is 11.7. The molecule has 2 rings (SSSR count). The quantitative estimate of drug-likeness (QED) is 0.651. The predicted molar refractivity (Wildman–Crippen MR) is 66.3 cm³/mol. The van der Waals surface area contributed by atoms with Crippen LogP contribution in [0, 0.1) is 18.3 Å². The first kappa shape index (κ1) is 12.6. The second-order valence-electron chi connectivity index (χ2n) is 4.07. The average Bonchev–Trinajstić information content (AvgIpc) is 2.46. The molecule has 1 aromatic rings. The number of terminal acetylenes is 1. The molecular formula is C14H15NO3. The molecule has 0 saturated carbocycles. The third-order valence-electron chi connectivity index (χ3n) is 2.79. The van der Waals surface area contributed by atoms with Gasteiger partial charge in [-0.2, -0.15) is 0 Å².